The van der Waals surface area contributed by atoms with Gasteiger partial charge in [0.15, 0.2) is 0 Å². The van der Waals surface area contributed by atoms with Crippen LogP contribution < -0.4 is 0 Å². The molecule has 3 heterocycles. The zero-order valence-electron chi connectivity index (χ0n) is 32.9. The first-order chi connectivity index (χ1) is 27.8. The van der Waals surface area contributed by atoms with E-state index in [1.54, 1.807) is 0 Å². The molecular weight excluding hydrogens is 631 g/mol. The Morgan fingerprint density at radius 2 is 1.15 bits per heavy atom. The maximum atomic E-state index is 8.83. The molecule has 52 heavy (non-hydrogen) atoms. The van der Waals surface area contributed by atoms with Gasteiger partial charge < -0.3 is 9.13 Å². The van der Waals surface area contributed by atoms with Crippen molar-refractivity contribution in [3.05, 3.63) is 187 Å². The highest BCUT2D eigenvalue weighted by molar-refractivity contribution is 6.25. The monoisotopic (exact) mass is 666 g/mol. The van der Waals surface area contributed by atoms with Crippen molar-refractivity contribution in [3.8, 4) is 22.5 Å². The summed E-state index contributed by atoms with van der Waals surface area (Å²) >= 11 is 0. The van der Waals surface area contributed by atoms with Gasteiger partial charge in [-0.25, -0.2) is 0 Å². The van der Waals surface area contributed by atoms with E-state index in [9.17, 15) is 0 Å². The normalized spacial score (nSPS) is 13.5. The van der Waals surface area contributed by atoms with E-state index in [0.717, 1.165) is 66.0 Å². The summed E-state index contributed by atoms with van der Waals surface area (Å²) in [7, 11) is 0. The second-order valence-corrected chi connectivity index (χ2v) is 13.3. The maximum absolute atomic E-state index is 8.83. The van der Waals surface area contributed by atoms with Crippen LogP contribution in [0.25, 0.3) is 99.8 Å². The fourth-order valence-electron chi connectivity index (χ4n) is 8.01. The average Bonchev–Trinajstić information content (AvgIpc) is 3.77. The molecule has 0 fully saturated rings. The Hall–Kier alpha value is -6.97. The van der Waals surface area contributed by atoms with Crippen molar-refractivity contribution >= 4 is 77.3 Å². The van der Waals surface area contributed by atoms with E-state index < -0.39 is 6.04 Å². The van der Waals surface area contributed by atoms with Crippen LogP contribution in [-0.2, 0) is 0 Å². The third-order valence-electron chi connectivity index (χ3n) is 10.4. The van der Waals surface area contributed by atoms with Gasteiger partial charge in [0.25, 0.3) is 0 Å². The molecule has 0 atom stereocenters. The maximum Gasteiger partial charge on any atom is 0.0645 e. The number of fused-ring (bicyclic) bond motifs is 4. The molecule has 0 saturated heterocycles. The lowest BCUT2D eigenvalue weighted by molar-refractivity contribution is 1.18. The molecule has 242 valence electrons. The third kappa shape index (κ3) is 4.43. The minimum Gasteiger partial charge on any atom is -0.309 e. The number of para-hydroxylation sites is 3. The molecule has 0 aliphatic carbocycles. The third-order valence-corrected chi connectivity index (χ3v) is 10.4. The molecule has 8 aromatic carbocycles. The SMILES string of the molecule is [2H]c1c([2H])c([2H])c(-n2c3cccc4ccc5cc(-c6ccc(/C=C/c7ccc8cc(-n9c%10ccccc%10c%10ccccc%109)ccc8c7)nc6)cc2c5c43)c([2H])c1[2H]. The minimum atomic E-state index is -0.409. The highest BCUT2D eigenvalue weighted by Crippen LogP contribution is 2.41. The van der Waals surface area contributed by atoms with Crippen LogP contribution in [0.15, 0.2) is 176 Å². The molecule has 0 bridgehead atoms. The highest BCUT2D eigenvalue weighted by Gasteiger charge is 2.18. The van der Waals surface area contributed by atoms with E-state index in [4.69, 9.17) is 11.8 Å². The lowest BCUT2D eigenvalue weighted by Crippen LogP contribution is -1.93. The first-order valence-corrected chi connectivity index (χ1v) is 17.4. The van der Waals surface area contributed by atoms with Gasteiger partial charge >= 0.3 is 0 Å². The summed E-state index contributed by atoms with van der Waals surface area (Å²) in [5.74, 6) is 0. The van der Waals surface area contributed by atoms with Crippen molar-refractivity contribution in [2.24, 2.45) is 0 Å². The molecule has 11 rings (SSSR count). The van der Waals surface area contributed by atoms with Gasteiger partial charge in [0, 0.05) is 44.7 Å². The predicted molar refractivity (Wildman–Crippen MR) is 220 cm³/mol. The lowest BCUT2D eigenvalue weighted by atomic mass is 9.98. The predicted octanol–water partition coefficient (Wildman–Crippen LogP) is 12.9. The standard InChI is InChI=1S/C49H31N3/c1-2-10-40(11-3-1)51-46-16-8-9-33-20-21-36-28-38(30-47(51)49(36)48(33)46)37-22-25-39(50-31-37)24-18-32-17-19-35-29-41(26-23-34(35)27-32)52-44-14-6-4-12-42(44)43-13-5-7-15-45(43)52/h1-31H/b24-18+/i1D,2D,3D,10D,11D. The molecule has 0 aliphatic rings. The summed E-state index contributed by atoms with van der Waals surface area (Å²) in [5.41, 5.74) is 8.94. The van der Waals surface area contributed by atoms with Gasteiger partial charge in [-0.3, -0.25) is 4.98 Å². The molecule has 3 aromatic heterocycles. The zero-order chi connectivity index (χ0) is 38.5. The molecule has 11 aromatic rings. The summed E-state index contributed by atoms with van der Waals surface area (Å²) in [6.45, 7) is 0. The minimum absolute atomic E-state index is 0.138. The summed E-state index contributed by atoms with van der Waals surface area (Å²) < 4.78 is 46.8. The van der Waals surface area contributed by atoms with Gasteiger partial charge in [-0.15, -0.1) is 0 Å². The van der Waals surface area contributed by atoms with E-state index in [1.807, 2.05) is 53.2 Å². The topological polar surface area (TPSA) is 22.8 Å². The second-order valence-electron chi connectivity index (χ2n) is 13.3. The number of pyridine rings is 1. The molecular formula is C49H31N3. The number of rotatable bonds is 5. The Balaban J connectivity index is 0.935. The van der Waals surface area contributed by atoms with Crippen LogP contribution in [-0.4, -0.2) is 14.1 Å². The van der Waals surface area contributed by atoms with Crippen molar-refractivity contribution in [2.75, 3.05) is 0 Å². The van der Waals surface area contributed by atoms with Crippen molar-refractivity contribution in [1.29, 1.82) is 0 Å². The highest BCUT2D eigenvalue weighted by atomic mass is 15.0. The summed E-state index contributed by atoms with van der Waals surface area (Å²) in [6, 6.07) is 47.0. The van der Waals surface area contributed by atoms with Crippen LogP contribution in [0.2, 0.25) is 0 Å². The molecule has 0 aliphatic heterocycles. The van der Waals surface area contributed by atoms with Gasteiger partial charge in [-0.05, 0) is 105 Å². The van der Waals surface area contributed by atoms with Crippen LogP contribution in [0, 0.1) is 0 Å². The molecule has 0 amide bonds. The zero-order valence-corrected chi connectivity index (χ0v) is 27.9. The largest absolute Gasteiger partial charge is 0.309 e. The molecule has 0 N–H and O–H groups in total. The van der Waals surface area contributed by atoms with Crippen LogP contribution in [0.1, 0.15) is 18.1 Å². The Morgan fingerprint density at radius 1 is 0.462 bits per heavy atom. The van der Waals surface area contributed by atoms with Crippen LogP contribution in [0.4, 0.5) is 0 Å². The average molecular weight is 667 g/mol. The van der Waals surface area contributed by atoms with Crippen molar-refractivity contribution in [1.82, 2.24) is 14.1 Å². The first kappa shape index (κ1) is 24.2. The van der Waals surface area contributed by atoms with Gasteiger partial charge in [-0.1, -0.05) is 109 Å². The van der Waals surface area contributed by atoms with Gasteiger partial charge in [0.2, 0.25) is 0 Å². The van der Waals surface area contributed by atoms with E-state index in [0.29, 0.717) is 0 Å². The molecule has 0 unspecified atom stereocenters. The number of nitrogens with zero attached hydrogens (tertiary/aromatic N) is 3. The van der Waals surface area contributed by atoms with E-state index >= 15 is 0 Å². The van der Waals surface area contributed by atoms with Crippen molar-refractivity contribution in [3.63, 3.8) is 0 Å². The van der Waals surface area contributed by atoms with Crippen molar-refractivity contribution in [2.45, 2.75) is 0 Å². The van der Waals surface area contributed by atoms with Crippen LogP contribution >= 0.6 is 0 Å². The Kier molecular flexibility index (Phi) is 5.25. The molecule has 0 saturated carbocycles. The van der Waals surface area contributed by atoms with Gasteiger partial charge in [-0.2, -0.15) is 0 Å². The molecule has 0 radical (unpaired) electrons. The Labute approximate surface area is 307 Å². The molecule has 3 nitrogen and oxygen atoms in total. The quantitative estimate of drug-likeness (QED) is 0.168. The van der Waals surface area contributed by atoms with Crippen LogP contribution in [0.3, 0.4) is 0 Å². The van der Waals surface area contributed by atoms with E-state index in [-0.39, 0.29) is 29.9 Å². The smallest absolute Gasteiger partial charge is 0.0645 e. The Bertz CT molecular complexity index is 3390. The number of hydrogen-bond donors (Lipinski definition) is 0. The fraction of sp³-hybridized carbons (Fsp3) is 0. The molecule has 0 spiro atoms. The fourth-order valence-corrected chi connectivity index (χ4v) is 8.01. The number of hydrogen-bond acceptors (Lipinski definition) is 1. The summed E-state index contributed by atoms with van der Waals surface area (Å²) in [4.78, 5) is 4.81. The van der Waals surface area contributed by atoms with E-state index in [2.05, 4.69) is 114 Å². The van der Waals surface area contributed by atoms with Crippen LogP contribution in [0.5, 0.6) is 0 Å². The Morgan fingerprint density at radius 3 is 1.96 bits per heavy atom. The number of benzene rings is 8. The first-order valence-electron chi connectivity index (χ1n) is 19.9. The lowest BCUT2D eigenvalue weighted by Gasteiger charge is -2.10. The van der Waals surface area contributed by atoms with Crippen molar-refractivity contribution < 1.29 is 6.85 Å². The molecule has 3 heteroatoms. The number of aromatic nitrogens is 3. The second kappa shape index (κ2) is 11.3. The summed E-state index contributed by atoms with van der Waals surface area (Å²) in [6.07, 6.45) is 5.96. The van der Waals surface area contributed by atoms with Gasteiger partial charge in [0.05, 0.1) is 34.6 Å². The summed E-state index contributed by atoms with van der Waals surface area (Å²) in [5, 5.41) is 8.84. The van der Waals surface area contributed by atoms with E-state index in [1.165, 1.54) is 27.2 Å². The van der Waals surface area contributed by atoms with Gasteiger partial charge in [0.1, 0.15) is 0 Å².